The fourth-order valence-corrected chi connectivity index (χ4v) is 2.99. The molecule has 0 fully saturated rings. The Morgan fingerprint density at radius 2 is 1.64 bits per heavy atom. The summed E-state index contributed by atoms with van der Waals surface area (Å²) in [6.45, 7) is 1.89. The van der Waals surface area contributed by atoms with Crippen LogP contribution in [0.3, 0.4) is 0 Å². The van der Waals surface area contributed by atoms with E-state index in [1.165, 1.54) is 18.4 Å². The summed E-state index contributed by atoms with van der Waals surface area (Å²) in [5, 5.41) is 0. The molecular weight excluding hydrogens is 300 g/mol. The molecule has 2 aromatic carbocycles. The molecule has 0 radical (unpaired) electrons. The molecule has 0 saturated heterocycles. The first-order chi connectivity index (χ1) is 10.6. The maximum atomic E-state index is 12.4. The van der Waals surface area contributed by atoms with Gasteiger partial charge in [0.1, 0.15) is 10.7 Å². The van der Waals surface area contributed by atoms with Crippen LogP contribution < -0.4 is 4.18 Å². The molecule has 0 atom stereocenters. The van der Waals surface area contributed by atoms with Crippen molar-refractivity contribution in [1.29, 1.82) is 0 Å². The topological polar surface area (TPSA) is 56.5 Å². The van der Waals surface area contributed by atoms with Crippen molar-refractivity contribution >= 4 is 10.1 Å². The Labute approximate surface area is 129 Å². The minimum absolute atomic E-state index is 0.118. The Kier molecular flexibility index (Phi) is 3.73. The van der Waals surface area contributed by atoms with Crippen molar-refractivity contribution in [1.82, 2.24) is 0 Å². The van der Waals surface area contributed by atoms with Crippen molar-refractivity contribution in [2.45, 2.75) is 11.8 Å². The van der Waals surface area contributed by atoms with Gasteiger partial charge in [-0.15, -0.1) is 0 Å². The molecule has 3 aromatic rings. The Hall–Kier alpha value is -2.53. The van der Waals surface area contributed by atoms with Crippen molar-refractivity contribution in [3.8, 4) is 17.1 Å². The third-order valence-electron chi connectivity index (χ3n) is 3.18. The molecular formula is C17H14O4S. The van der Waals surface area contributed by atoms with Crippen molar-refractivity contribution in [2.75, 3.05) is 0 Å². The minimum atomic E-state index is -3.89. The molecule has 0 amide bonds. The van der Waals surface area contributed by atoms with Gasteiger partial charge in [0.15, 0.2) is 5.75 Å². The van der Waals surface area contributed by atoms with Gasteiger partial charge in [0.05, 0.1) is 11.8 Å². The molecule has 4 nitrogen and oxygen atoms in total. The first-order valence-corrected chi connectivity index (χ1v) is 8.11. The third-order valence-corrected chi connectivity index (χ3v) is 4.43. The Morgan fingerprint density at radius 1 is 0.909 bits per heavy atom. The number of aryl methyl sites for hydroxylation is 1. The lowest BCUT2D eigenvalue weighted by atomic mass is 10.1. The Bertz CT molecular complexity index is 863. The highest BCUT2D eigenvalue weighted by molar-refractivity contribution is 7.87. The predicted octanol–water partition coefficient (Wildman–Crippen LogP) is 4.02. The van der Waals surface area contributed by atoms with E-state index in [4.69, 9.17) is 8.60 Å². The van der Waals surface area contributed by atoms with Crippen LogP contribution >= 0.6 is 0 Å². The Morgan fingerprint density at radius 3 is 2.32 bits per heavy atom. The SMILES string of the molecule is Cc1ccc(S(=O)(=O)Oc2ccccc2-c2ccco2)cc1. The summed E-state index contributed by atoms with van der Waals surface area (Å²) >= 11 is 0. The molecule has 112 valence electrons. The minimum Gasteiger partial charge on any atom is -0.464 e. The van der Waals surface area contributed by atoms with E-state index < -0.39 is 10.1 Å². The van der Waals surface area contributed by atoms with E-state index in [1.54, 1.807) is 48.5 Å². The fourth-order valence-electron chi connectivity index (χ4n) is 2.05. The zero-order valence-corrected chi connectivity index (χ0v) is 12.7. The molecule has 0 bridgehead atoms. The quantitative estimate of drug-likeness (QED) is 0.682. The van der Waals surface area contributed by atoms with Gasteiger partial charge in [-0.3, -0.25) is 0 Å². The van der Waals surface area contributed by atoms with E-state index in [2.05, 4.69) is 0 Å². The number of hydrogen-bond acceptors (Lipinski definition) is 4. The normalized spacial score (nSPS) is 11.3. The van der Waals surface area contributed by atoms with Gasteiger partial charge in [-0.25, -0.2) is 0 Å². The molecule has 0 aliphatic carbocycles. The number of benzene rings is 2. The smallest absolute Gasteiger partial charge is 0.339 e. The third kappa shape index (κ3) is 2.89. The highest BCUT2D eigenvalue weighted by Gasteiger charge is 2.19. The number of para-hydroxylation sites is 1. The van der Waals surface area contributed by atoms with Crippen LogP contribution in [0.15, 0.2) is 76.2 Å². The average Bonchev–Trinajstić information content (AvgIpc) is 3.02. The van der Waals surface area contributed by atoms with Gasteiger partial charge in [-0.1, -0.05) is 29.8 Å². The van der Waals surface area contributed by atoms with Crippen LogP contribution in [0.4, 0.5) is 0 Å². The molecule has 0 unspecified atom stereocenters. The summed E-state index contributed by atoms with van der Waals surface area (Å²) in [6.07, 6.45) is 1.53. The van der Waals surface area contributed by atoms with Crippen molar-refractivity contribution in [3.05, 3.63) is 72.5 Å². The standard InChI is InChI=1S/C17H14O4S/c1-13-8-10-14(11-9-13)22(18,19)21-17-6-3-2-5-15(17)16-7-4-12-20-16/h2-12H,1H3. The molecule has 1 aromatic heterocycles. The highest BCUT2D eigenvalue weighted by atomic mass is 32.2. The average molecular weight is 314 g/mol. The molecule has 0 aliphatic rings. The summed E-state index contributed by atoms with van der Waals surface area (Å²) < 4.78 is 35.4. The van der Waals surface area contributed by atoms with Gasteiger partial charge >= 0.3 is 10.1 Å². The second-order valence-electron chi connectivity index (χ2n) is 4.82. The van der Waals surface area contributed by atoms with Gasteiger partial charge in [-0.05, 0) is 43.3 Å². The van der Waals surface area contributed by atoms with Crippen molar-refractivity contribution in [2.24, 2.45) is 0 Å². The van der Waals surface area contributed by atoms with Crippen molar-refractivity contribution in [3.63, 3.8) is 0 Å². The zero-order valence-electron chi connectivity index (χ0n) is 11.9. The summed E-state index contributed by atoms with van der Waals surface area (Å²) in [6, 6.07) is 16.9. The van der Waals surface area contributed by atoms with E-state index in [0.717, 1.165) is 5.56 Å². The van der Waals surface area contributed by atoms with Crippen LogP contribution in [-0.4, -0.2) is 8.42 Å². The molecule has 3 rings (SSSR count). The van der Waals surface area contributed by atoms with E-state index in [-0.39, 0.29) is 10.6 Å². The second kappa shape index (κ2) is 5.69. The fraction of sp³-hybridized carbons (Fsp3) is 0.0588. The Balaban J connectivity index is 1.98. The van der Waals surface area contributed by atoms with Gasteiger partial charge in [-0.2, -0.15) is 8.42 Å². The number of hydrogen-bond donors (Lipinski definition) is 0. The van der Waals surface area contributed by atoms with Crippen molar-refractivity contribution < 1.29 is 17.0 Å². The molecule has 0 spiro atoms. The monoisotopic (exact) mass is 314 g/mol. The largest absolute Gasteiger partial charge is 0.464 e. The lowest BCUT2D eigenvalue weighted by Gasteiger charge is -2.10. The first-order valence-electron chi connectivity index (χ1n) is 6.70. The summed E-state index contributed by atoms with van der Waals surface area (Å²) in [5.41, 5.74) is 1.57. The second-order valence-corrected chi connectivity index (χ2v) is 6.37. The van der Waals surface area contributed by atoms with Gasteiger partial charge in [0.25, 0.3) is 0 Å². The summed E-state index contributed by atoms with van der Waals surface area (Å²) in [4.78, 5) is 0.118. The van der Waals surface area contributed by atoms with Crippen LogP contribution in [0.25, 0.3) is 11.3 Å². The molecule has 22 heavy (non-hydrogen) atoms. The lowest BCUT2D eigenvalue weighted by molar-refractivity contribution is 0.485. The lowest BCUT2D eigenvalue weighted by Crippen LogP contribution is -2.10. The van der Waals surface area contributed by atoms with E-state index in [1.807, 2.05) is 6.92 Å². The maximum absolute atomic E-state index is 12.4. The van der Waals surface area contributed by atoms with E-state index in [9.17, 15) is 8.42 Å². The molecule has 0 aliphatic heterocycles. The van der Waals surface area contributed by atoms with Crippen LogP contribution in [0.1, 0.15) is 5.56 Å². The summed E-state index contributed by atoms with van der Waals surface area (Å²) in [7, 11) is -3.89. The molecule has 1 heterocycles. The van der Waals surface area contributed by atoms with Crippen LogP contribution in [0, 0.1) is 6.92 Å². The summed E-state index contributed by atoms with van der Waals surface area (Å²) in [5.74, 6) is 0.785. The van der Waals surface area contributed by atoms with Gasteiger partial charge < -0.3 is 8.60 Å². The molecule has 0 saturated carbocycles. The van der Waals surface area contributed by atoms with Crippen LogP contribution in [0.2, 0.25) is 0 Å². The van der Waals surface area contributed by atoms with Gasteiger partial charge in [0, 0.05) is 0 Å². The van der Waals surface area contributed by atoms with Crippen LogP contribution in [0.5, 0.6) is 5.75 Å². The molecule has 0 N–H and O–H groups in total. The number of furan rings is 1. The number of rotatable bonds is 4. The van der Waals surface area contributed by atoms with Crippen LogP contribution in [-0.2, 0) is 10.1 Å². The van der Waals surface area contributed by atoms with E-state index in [0.29, 0.717) is 11.3 Å². The molecule has 5 heteroatoms. The maximum Gasteiger partial charge on any atom is 0.339 e. The van der Waals surface area contributed by atoms with Gasteiger partial charge in [0.2, 0.25) is 0 Å². The highest BCUT2D eigenvalue weighted by Crippen LogP contribution is 2.32. The van der Waals surface area contributed by atoms with E-state index >= 15 is 0 Å². The first kappa shape index (κ1) is 14.4. The zero-order chi connectivity index (χ0) is 15.6. The predicted molar refractivity (Wildman–Crippen MR) is 83.1 cm³/mol.